The van der Waals surface area contributed by atoms with E-state index in [0.717, 1.165) is 5.75 Å². The zero-order valence-electron chi connectivity index (χ0n) is 16.4. The lowest BCUT2D eigenvalue weighted by atomic mass is 10.1. The highest BCUT2D eigenvalue weighted by molar-refractivity contribution is 7.98. The quantitative estimate of drug-likeness (QED) is 0.579. The molecule has 8 heteroatoms. The van der Waals surface area contributed by atoms with Gasteiger partial charge in [0.05, 0.1) is 17.6 Å². The Morgan fingerprint density at radius 2 is 1.93 bits per heavy atom. The highest BCUT2D eigenvalue weighted by Gasteiger charge is 2.34. The van der Waals surface area contributed by atoms with Crippen molar-refractivity contribution in [1.29, 1.82) is 0 Å². The molecule has 150 valence electrons. The Labute approximate surface area is 174 Å². The van der Waals surface area contributed by atoms with Crippen LogP contribution in [0.5, 0.6) is 0 Å². The van der Waals surface area contributed by atoms with Crippen LogP contribution in [-0.4, -0.2) is 45.1 Å². The summed E-state index contributed by atoms with van der Waals surface area (Å²) < 4.78 is 1.60. The minimum absolute atomic E-state index is 0.286. The Morgan fingerprint density at radius 1 is 1.17 bits per heavy atom. The van der Waals surface area contributed by atoms with Gasteiger partial charge in [0.2, 0.25) is 5.91 Å². The van der Waals surface area contributed by atoms with Gasteiger partial charge < -0.3 is 5.32 Å². The molecule has 0 radical (unpaired) electrons. The van der Waals surface area contributed by atoms with Gasteiger partial charge in [-0.1, -0.05) is 24.3 Å². The maximum atomic E-state index is 13.5. The topological polar surface area (TPSA) is 80.1 Å². The minimum atomic E-state index is -0.921. The lowest BCUT2D eigenvalue weighted by Gasteiger charge is -2.29. The summed E-state index contributed by atoms with van der Waals surface area (Å²) in [5.74, 6) is 0.195. The third kappa shape index (κ3) is 5.03. The van der Waals surface area contributed by atoms with Crippen molar-refractivity contribution < 1.29 is 9.59 Å². The monoisotopic (exact) mass is 409 g/mol. The SMILES string of the molecule is CSCCNC(=O)C(c1ccccn1)N(C(=O)c1ccccc1)c1cnn(C)c1. The smallest absolute Gasteiger partial charge is 0.259 e. The molecule has 2 aromatic heterocycles. The van der Waals surface area contributed by atoms with Crippen LogP contribution in [0.25, 0.3) is 0 Å². The average molecular weight is 410 g/mol. The minimum Gasteiger partial charge on any atom is -0.353 e. The number of aromatic nitrogens is 3. The number of anilines is 1. The van der Waals surface area contributed by atoms with Crippen molar-refractivity contribution in [3.63, 3.8) is 0 Å². The van der Waals surface area contributed by atoms with Gasteiger partial charge in [0.25, 0.3) is 5.91 Å². The number of hydrogen-bond acceptors (Lipinski definition) is 5. The van der Waals surface area contributed by atoms with Gasteiger partial charge in [-0.2, -0.15) is 16.9 Å². The van der Waals surface area contributed by atoms with Crippen molar-refractivity contribution in [2.24, 2.45) is 7.05 Å². The van der Waals surface area contributed by atoms with E-state index in [4.69, 9.17) is 0 Å². The zero-order chi connectivity index (χ0) is 20.6. The first-order valence-corrected chi connectivity index (χ1v) is 10.6. The third-order valence-corrected chi connectivity index (χ3v) is 4.90. The molecule has 2 amide bonds. The van der Waals surface area contributed by atoms with Crippen molar-refractivity contribution in [2.45, 2.75) is 6.04 Å². The number of nitrogens with zero attached hydrogens (tertiary/aromatic N) is 4. The lowest BCUT2D eigenvalue weighted by Crippen LogP contribution is -2.44. The van der Waals surface area contributed by atoms with E-state index in [-0.39, 0.29) is 11.8 Å². The average Bonchev–Trinajstić information content (AvgIpc) is 3.18. The maximum Gasteiger partial charge on any atom is 0.259 e. The molecule has 0 aliphatic heterocycles. The van der Waals surface area contributed by atoms with Gasteiger partial charge in [-0.05, 0) is 30.5 Å². The Balaban J connectivity index is 2.07. The van der Waals surface area contributed by atoms with Gasteiger partial charge in [-0.25, -0.2) is 0 Å². The number of carbonyl (C=O) groups is 2. The van der Waals surface area contributed by atoms with Gasteiger partial charge in [-0.15, -0.1) is 0 Å². The first kappa shape index (κ1) is 20.6. The van der Waals surface area contributed by atoms with Crippen LogP contribution in [0.4, 0.5) is 5.69 Å². The summed E-state index contributed by atoms with van der Waals surface area (Å²) in [5.41, 5.74) is 1.49. The van der Waals surface area contributed by atoms with Crippen molar-refractivity contribution in [1.82, 2.24) is 20.1 Å². The fraction of sp³-hybridized carbons (Fsp3) is 0.238. The molecule has 2 heterocycles. The number of carbonyl (C=O) groups excluding carboxylic acids is 2. The van der Waals surface area contributed by atoms with Gasteiger partial charge in [-0.3, -0.25) is 24.2 Å². The maximum absolute atomic E-state index is 13.5. The third-order valence-electron chi connectivity index (χ3n) is 4.29. The fourth-order valence-electron chi connectivity index (χ4n) is 2.93. The number of amides is 2. The van der Waals surface area contributed by atoms with E-state index in [9.17, 15) is 9.59 Å². The van der Waals surface area contributed by atoms with Crippen LogP contribution in [0, 0.1) is 0 Å². The Morgan fingerprint density at radius 3 is 2.55 bits per heavy atom. The van der Waals surface area contributed by atoms with E-state index in [1.165, 1.54) is 4.90 Å². The Kier molecular flexibility index (Phi) is 7.02. The molecule has 0 spiro atoms. The fourth-order valence-corrected chi connectivity index (χ4v) is 3.24. The van der Waals surface area contributed by atoms with Gasteiger partial charge in [0.15, 0.2) is 6.04 Å². The van der Waals surface area contributed by atoms with E-state index < -0.39 is 6.04 Å². The van der Waals surface area contributed by atoms with Crippen LogP contribution in [0.3, 0.4) is 0 Å². The molecule has 3 aromatic rings. The number of rotatable bonds is 8. The summed E-state index contributed by atoms with van der Waals surface area (Å²) in [6.07, 6.45) is 6.88. The van der Waals surface area contributed by atoms with E-state index >= 15 is 0 Å². The number of nitrogens with one attached hydrogen (secondary N) is 1. The predicted octanol–water partition coefficient (Wildman–Crippen LogP) is 2.68. The largest absolute Gasteiger partial charge is 0.353 e. The standard InChI is InChI=1S/C21H23N5O2S/c1-25-15-17(14-24-25)26(21(28)16-8-4-3-5-9-16)19(18-10-6-7-11-22-18)20(27)23-12-13-29-2/h3-11,14-15,19H,12-13H2,1-2H3,(H,23,27). The van der Waals surface area contributed by atoms with Crippen LogP contribution in [-0.2, 0) is 11.8 Å². The lowest BCUT2D eigenvalue weighted by molar-refractivity contribution is -0.122. The second-order valence-electron chi connectivity index (χ2n) is 6.35. The van der Waals surface area contributed by atoms with Crippen LogP contribution in [0.15, 0.2) is 67.1 Å². The van der Waals surface area contributed by atoms with Gasteiger partial charge in [0.1, 0.15) is 0 Å². The van der Waals surface area contributed by atoms with Gasteiger partial charge >= 0.3 is 0 Å². The predicted molar refractivity (Wildman–Crippen MR) is 115 cm³/mol. The highest BCUT2D eigenvalue weighted by atomic mass is 32.2. The molecule has 0 saturated heterocycles. The summed E-state index contributed by atoms with van der Waals surface area (Å²) in [6.45, 7) is 0.504. The zero-order valence-corrected chi connectivity index (χ0v) is 17.2. The molecule has 0 aliphatic rings. The number of hydrogen-bond donors (Lipinski definition) is 1. The summed E-state index contributed by atoms with van der Waals surface area (Å²) in [4.78, 5) is 32.5. The number of benzene rings is 1. The molecule has 1 N–H and O–H groups in total. The van der Waals surface area contributed by atoms with Crippen LogP contribution in [0.2, 0.25) is 0 Å². The Bertz CT molecular complexity index is 946. The van der Waals surface area contributed by atoms with Crippen molar-refractivity contribution in [2.75, 3.05) is 23.5 Å². The van der Waals surface area contributed by atoms with E-state index in [1.807, 2.05) is 12.3 Å². The molecule has 7 nitrogen and oxygen atoms in total. The van der Waals surface area contributed by atoms with Crippen LogP contribution >= 0.6 is 11.8 Å². The summed E-state index contributed by atoms with van der Waals surface area (Å²) in [6, 6.07) is 13.3. The molecule has 0 fully saturated rings. The van der Waals surface area contributed by atoms with Crippen LogP contribution in [0.1, 0.15) is 22.1 Å². The molecule has 0 saturated carbocycles. The van der Waals surface area contributed by atoms with E-state index in [2.05, 4.69) is 15.4 Å². The molecular formula is C21H23N5O2S. The van der Waals surface area contributed by atoms with E-state index in [1.54, 1.807) is 84.5 Å². The van der Waals surface area contributed by atoms with E-state index in [0.29, 0.717) is 23.5 Å². The number of thioether (sulfide) groups is 1. The molecule has 1 unspecified atom stereocenters. The second-order valence-corrected chi connectivity index (χ2v) is 7.34. The summed E-state index contributed by atoms with van der Waals surface area (Å²) in [5, 5.41) is 7.12. The first-order valence-electron chi connectivity index (χ1n) is 9.16. The molecule has 1 aromatic carbocycles. The Hall–Kier alpha value is -3.13. The summed E-state index contributed by atoms with van der Waals surface area (Å²) in [7, 11) is 1.77. The molecule has 0 aliphatic carbocycles. The first-order chi connectivity index (χ1) is 14.1. The molecule has 1 atom stereocenters. The van der Waals surface area contributed by atoms with Gasteiger partial charge in [0, 0.05) is 37.3 Å². The highest BCUT2D eigenvalue weighted by Crippen LogP contribution is 2.28. The molecule has 29 heavy (non-hydrogen) atoms. The normalized spacial score (nSPS) is 11.7. The molecule has 3 rings (SSSR count). The summed E-state index contributed by atoms with van der Waals surface area (Å²) >= 11 is 1.64. The number of aryl methyl sites for hydroxylation is 1. The second kappa shape index (κ2) is 9.88. The molecule has 0 bridgehead atoms. The number of pyridine rings is 1. The molecular weight excluding hydrogens is 386 g/mol. The van der Waals surface area contributed by atoms with Crippen molar-refractivity contribution in [3.8, 4) is 0 Å². The van der Waals surface area contributed by atoms with Crippen molar-refractivity contribution in [3.05, 3.63) is 78.4 Å². The van der Waals surface area contributed by atoms with Crippen molar-refractivity contribution >= 4 is 29.3 Å². The van der Waals surface area contributed by atoms with Crippen LogP contribution < -0.4 is 10.2 Å².